The molecule has 0 aromatic heterocycles. The first kappa shape index (κ1) is 19.6. The largest absolute Gasteiger partial charge is 0.416 e. The van der Waals surface area contributed by atoms with E-state index in [9.17, 15) is 23.3 Å². The third-order valence-corrected chi connectivity index (χ3v) is 3.57. The van der Waals surface area contributed by atoms with E-state index in [1.165, 1.54) is 24.4 Å². The number of anilines is 1. The maximum absolute atomic E-state index is 12.7. The van der Waals surface area contributed by atoms with Crippen LogP contribution in [0.4, 0.5) is 24.5 Å². The number of hydrazone groups is 1. The van der Waals surface area contributed by atoms with Gasteiger partial charge in [-0.25, -0.2) is 0 Å². The van der Waals surface area contributed by atoms with Gasteiger partial charge in [-0.1, -0.05) is 23.7 Å². The lowest BCUT2D eigenvalue weighted by Gasteiger charge is -2.12. The van der Waals surface area contributed by atoms with Crippen LogP contribution < -0.4 is 10.7 Å². The Morgan fingerprint density at radius 2 is 1.96 bits per heavy atom. The van der Waals surface area contributed by atoms with E-state index in [-0.39, 0.29) is 27.1 Å². The summed E-state index contributed by atoms with van der Waals surface area (Å²) in [5.74, 6) is 0. The molecule has 0 atom stereocenters. The van der Waals surface area contributed by atoms with Gasteiger partial charge in [0.1, 0.15) is 0 Å². The van der Waals surface area contributed by atoms with Gasteiger partial charge in [-0.05, 0) is 36.5 Å². The van der Waals surface area contributed by atoms with Gasteiger partial charge in [0, 0.05) is 6.07 Å². The van der Waals surface area contributed by atoms with Gasteiger partial charge in [-0.15, -0.1) is 0 Å². The molecule has 0 heterocycles. The number of nitro groups is 1. The molecule has 0 bridgehead atoms. The molecule has 0 aliphatic carbocycles. The molecule has 2 aromatic carbocycles. The Morgan fingerprint density at radius 3 is 2.62 bits per heavy atom. The minimum atomic E-state index is -4.53. The summed E-state index contributed by atoms with van der Waals surface area (Å²) < 4.78 is 38.2. The molecule has 0 saturated heterocycles. The van der Waals surface area contributed by atoms with Crippen LogP contribution in [0.15, 0.2) is 47.6 Å². The van der Waals surface area contributed by atoms with Crippen molar-refractivity contribution in [2.75, 3.05) is 5.32 Å². The van der Waals surface area contributed by atoms with Gasteiger partial charge in [0.25, 0.3) is 5.69 Å². The molecule has 0 radical (unpaired) electrons. The number of alkyl halides is 3. The molecule has 2 aromatic rings. The number of rotatable bonds is 4. The Balaban J connectivity index is 2.07. The summed E-state index contributed by atoms with van der Waals surface area (Å²) in [6.07, 6.45) is -3.36. The van der Waals surface area contributed by atoms with Crippen molar-refractivity contribution in [2.45, 2.75) is 6.18 Å². The second-order valence-electron chi connectivity index (χ2n) is 4.83. The summed E-state index contributed by atoms with van der Waals surface area (Å²) in [6.45, 7) is 0. The summed E-state index contributed by atoms with van der Waals surface area (Å²) in [4.78, 5) is 10.3. The van der Waals surface area contributed by atoms with E-state index < -0.39 is 16.7 Å². The normalized spacial score (nSPS) is 11.4. The maximum Gasteiger partial charge on any atom is 0.416 e. The van der Waals surface area contributed by atoms with E-state index in [0.29, 0.717) is 0 Å². The SMILES string of the molecule is O=[N+]([O-])c1ccccc1/C=N\NC(=S)Nc1cc(C(F)(F)F)ccc1Cl. The van der Waals surface area contributed by atoms with Crippen LogP contribution in [0, 0.1) is 10.1 Å². The number of halogens is 4. The van der Waals surface area contributed by atoms with Crippen LogP contribution in [0.1, 0.15) is 11.1 Å². The van der Waals surface area contributed by atoms with Crippen molar-refractivity contribution in [2.24, 2.45) is 5.10 Å². The lowest BCUT2D eigenvalue weighted by atomic mass is 10.2. The lowest BCUT2D eigenvalue weighted by Crippen LogP contribution is -2.24. The molecule has 0 saturated carbocycles. The fourth-order valence-electron chi connectivity index (χ4n) is 1.87. The number of thiocarbonyl (C=S) groups is 1. The highest BCUT2D eigenvalue weighted by Gasteiger charge is 2.31. The average Bonchev–Trinajstić information content (AvgIpc) is 2.56. The van der Waals surface area contributed by atoms with E-state index in [2.05, 4.69) is 15.8 Å². The van der Waals surface area contributed by atoms with Crippen LogP contribution in [-0.2, 0) is 6.18 Å². The van der Waals surface area contributed by atoms with E-state index >= 15 is 0 Å². The zero-order chi connectivity index (χ0) is 19.3. The van der Waals surface area contributed by atoms with Gasteiger partial charge < -0.3 is 5.32 Å². The van der Waals surface area contributed by atoms with Crippen LogP contribution in [0.3, 0.4) is 0 Å². The van der Waals surface area contributed by atoms with Gasteiger partial charge >= 0.3 is 6.18 Å². The molecule has 0 aliphatic rings. The highest BCUT2D eigenvalue weighted by Crippen LogP contribution is 2.33. The summed E-state index contributed by atoms with van der Waals surface area (Å²) in [7, 11) is 0. The van der Waals surface area contributed by atoms with Crippen molar-refractivity contribution in [3.63, 3.8) is 0 Å². The fourth-order valence-corrected chi connectivity index (χ4v) is 2.20. The molecule has 0 unspecified atom stereocenters. The Bertz CT molecular complexity index is 874. The minimum absolute atomic E-state index is 0.0322. The zero-order valence-electron chi connectivity index (χ0n) is 12.7. The molecule has 6 nitrogen and oxygen atoms in total. The second-order valence-corrected chi connectivity index (χ2v) is 5.65. The second kappa shape index (κ2) is 8.11. The van der Waals surface area contributed by atoms with Gasteiger partial charge in [0.2, 0.25) is 0 Å². The molecule has 26 heavy (non-hydrogen) atoms. The molecule has 2 rings (SSSR count). The van der Waals surface area contributed by atoms with Crippen molar-refractivity contribution in [3.05, 3.63) is 68.7 Å². The topological polar surface area (TPSA) is 79.6 Å². The number of hydrogen-bond donors (Lipinski definition) is 2. The number of nitrogens with zero attached hydrogens (tertiary/aromatic N) is 2. The van der Waals surface area contributed by atoms with Crippen LogP contribution in [0.5, 0.6) is 0 Å². The van der Waals surface area contributed by atoms with Crippen LogP contribution >= 0.6 is 23.8 Å². The predicted octanol–water partition coefficient (Wildman–Crippen LogP) is 4.59. The van der Waals surface area contributed by atoms with E-state index in [1.54, 1.807) is 6.07 Å². The van der Waals surface area contributed by atoms with Crippen molar-refractivity contribution in [1.29, 1.82) is 0 Å². The first-order chi connectivity index (χ1) is 12.2. The zero-order valence-corrected chi connectivity index (χ0v) is 14.3. The molecule has 0 fully saturated rings. The molecular weight excluding hydrogens is 393 g/mol. The highest BCUT2D eigenvalue weighted by molar-refractivity contribution is 7.80. The van der Waals surface area contributed by atoms with Crippen molar-refractivity contribution >= 4 is 46.5 Å². The summed E-state index contributed by atoms with van der Waals surface area (Å²) >= 11 is 10.8. The monoisotopic (exact) mass is 402 g/mol. The highest BCUT2D eigenvalue weighted by atomic mass is 35.5. The number of nitrogens with one attached hydrogen (secondary N) is 2. The molecule has 0 aliphatic heterocycles. The third-order valence-electron chi connectivity index (χ3n) is 3.05. The number of para-hydroxylation sites is 1. The average molecular weight is 403 g/mol. The molecule has 2 N–H and O–H groups in total. The fraction of sp³-hybridized carbons (Fsp3) is 0.0667. The van der Waals surface area contributed by atoms with Gasteiger partial charge in [-0.3, -0.25) is 15.5 Å². The van der Waals surface area contributed by atoms with Crippen LogP contribution in [0.2, 0.25) is 5.02 Å². The Kier molecular flexibility index (Phi) is 6.11. The standard InChI is InChI=1S/C15H10ClF3N4O2S/c16-11-6-5-10(15(17,18)19)7-12(11)21-14(26)22-20-8-9-3-1-2-4-13(9)23(24)25/h1-8H,(H2,21,22,26)/b20-8-. The van der Waals surface area contributed by atoms with Crippen LogP contribution in [0.25, 0.3) is 0 Å². The van der Waals surface area contributed by atoms with Gasteiger partial charge in [-0.2, -0.15) is 18.3 Å². The molecule has 11 heteroatoms. The number of nitro benzene ring substituents is 1. The Hall–Kier alpha value is -2.72. The summed E-state index contributed by atoms with van der Waals surface area (Å²) in [5, 5.41) is 17.0. The smallest absolute Gasteiger partial charge is 0.330 e. The van der Waals surface area contributed by atoms with Gasteiger partial charge in [0.15, 0.2) is 5.11 Å². The first-order valence-electron chi connectivity index (χ1n) is 6.88. The summed E-state index contributed by atoms with van der Waals surface area (Å²) in [5.41, 5.74) is 1.48. The van der Waals surface area contributed by atoms with Crippen molar-refractivity contribution < 1.29 is 18.1 Å². The quantitative estimate of drug-likeness (QED) is 0.338. The van der Waals surface area contributed by atoms with E-state index in [4.69, 9.17) is 23.8 Å². The number of benzene rings is 2. The predicted molar refractivity (Wildman–Crippen MR) is 96.5 cm³/mol. The first-order valence-corrected chi connectivity index (χ1v) is 7.67. The molecule has 136 valence electrons. The van der Waals surface area contributed by atoms with E-state index in [1.807, 2.05) is 0 Å². The van der Waals surface area contributed by atoms with E-state index in [0.717, 1.165) is 18.2 Å². The third kappa shape index (κ3) is 5.14. The van der Waals surface area contributed by atoms with Crippen LogP contribution in [-0.4, -0.2) is 16.3 Å². The Morgan fingerprint density at radius 1 is 1.27 bits per heavy atom. The Labute approximate surface area is 155 Å². The summed E-state index contributed by atoms with van der Waals surface area (Å²) in [6, 6.07) is 8.62. The molecule has 0 spiro atoms. The molecule has 0 amide bonds. The maximum atomic E-state index is 12.7. The lowest BCUT2D eigenvalue weighted by molar-refractivity contribution is -0.385. The number of hydrogen-bond acceptors (Lipinski definition) is 4. The van der Waals surface area contributed by atoms with Crippen molar-refractivity contribution in [1.82, 2.24) is 5.43 Å². The van der Waals surface area contributed by atoms with Crippen molar-refractivity contribution in [3.8, 4) is 0 Å². The van der Waals surface area contributed by atoms with Gasteiger partial charge in [0.05, 0.1) is 33.0 Å². The molecular formula is C15H10ClF3N4O2S. The minimum Gasteiger partial charge on any atom is -0.330 e.